The minimum Gasteiger partial charge on any atom is -0.497 e. The maximum absolute atomic E-state index is 12.7. The molecule has 0 aliphatic carbocycles. The third-order valence-electron chi connectivity index (χ3n) is 4.63. The zero-order valence-electron chi connectivity index (χ0n) is 17.6. The molecule has 3 aromatic rings. The zero-order valence-corrected chi connectivity index (χ0v) is 19.2. The highest BCUT2D eigenvalue weighted by Gasteiger charge is 2.23. The van der Waals surface area contributed by atoms with Crippen molar-refractivity contribution < 1.29 is 22.7 Å². The molecule has 0 N–H and O–H groups in total. The van der Waals surface area contributed by atoms with Crippen molar-refractivity contribution in [2.75, 3.05) is 20.2 Å². The second kappa shape index (κ2) is 10.0. The van der Waals surface area contributed by atoms with Crippen LogP contribution in [0.15, 0.2) is 58.8 Å². The van der Waals surface area contributed by atoms with E-state index in [0.717, 1.165) is 16.3 Å². The fourth-order valence-corrected chi connectivity index (χ4v) is 5.29. The topological polar surface area (TPSA) is 85.8 Å². The summed E-state index contributed by atoms with van der Waals surface area (Å²) >= 11 is 1.44. The van der Waals surface area contributed by atoms with Gasteiger partial charge in [-0.25, -0.2) is 18.2 Å². The van der Waals surface area contributed by atoms with Crippen molar-refractivity contribution in [2.45, 2.75) is 25.3 Å². The highest BCUT2D eigenvalue weighted by Crippen LogP contribution is 2.27. The van der Waals surface area contributed by atoms with Gasteiger partial charge in [0.2, 0.25) is 10.0 Å². The summed E-state index contributed by atoms with van der Waals surface area (Å²) in [4.78, 5) is 17.1. The third kappa shape index (κ3) is 5.30. The average molecular weight is 461 g/mol. The van der Waals surface area contributed by atoms with Crippen molar-refractivity contribution in [3.05, 3.63) is 65.2 Å². The number of methoxy groups -OCH3 is 1. The van der Waals surface area contributed by atoms with E-state index in [2.05, 4.69) is 4.98 Å². The summed E-state index contributed by atoms with van der Waals surface area (Å²) < 4.78 is 37.3. The Morgan fingerprint density at radius 3 is 2.55 bits per heavy atom. The molecule has 1 aromatic heterocycles. The summed E-state index contributed by atoms with van der Waals surface area (Å²) in [5.41, 5.74) is 1.70. The van der Waals surface area contributed by atoms with Gasteiger partial charge >= 0.3 is 5.97 Å². The summed E-state index contributed by atoms with van der Waals surface area (Å²) in [6.45, 7) is 4.24. The van der Waals surface area contributed by atoms with Crippen LogP contribution in [0.3, 0.4) is 0 Å². The fraction of sp³-hybridized carbons (Fsp3) is 0.273. The number of esters is 1. The van der Waals surface area contributed by atoms with Gasteiger partial charge in [0.05, 0.1) is 23.3 Å². The Morgan fingerprint density at radius 2 is 1.84 bits per heavy atom. The molecule has 0 saturated heterocycles. The monoisotopic (exact) mass is 460 g/mol. The highest BCUT2D eigenvalue weighted by atomic mass is 32.2. The van der Waals surface area contributed by atoms with E-state index in [4.69, 9.17) is 9.47 Å². The normalized spacial score (nSPS) is 11.5. The van der Waals surface area contributed by atoms with Crippen molar-refractivity contribution in [2.24, 2.45) is 0 Å². The summed E-state index contributed by atoms with van der Waals surface area (Å²) in [7, 11) is -2.05. The van der Waals surface area contributed by atoms with Crippen LogP contribution in [0.4, 0.5) is 0 Å². The Balaban J connectivity index is 1.70. The Labute approximate surface area is 186 Å². The van der Waals surface area contributed by atoms with Gasteiger partial charge in [0.1, 0.15) is 17.4 Å². The first-order valence-corrected chi connectivity index (χ1v) is 12.1. The quantitative estimate of drug-likeness (QED) is 0.445. The lowest BCUT2D eigenvalue weighted by Gasteiger charge is -2.18. The molecule has 2 aromatic carbocycles. The highest BCUT2D eigenvalue weighted by molar-refractivity contribution is 7.89. The van der Waals surface area contributed by atoms with Crippen LogP contribution in [0, 0.1) is 0 Å². The Kier molecular flexibility index (Phi) is 7.42. The van der Waals surface area contributed by atoms with E-state index in [1.807, 2.05) is 29.6 Å². The molecule has 9 heteroatoms. The molecular weight excluding hydrogens is 436 g/mol. The minimum atomic E-state index is -3.65. The van der Waals surface area contributed by atoms with Crippen LogP contribution >= 0.6 is 11.3 Å². The minimum absolute atomic E-state index is 0.00761. The molecule has 0 saturated carbocycles. The first-order chi connectivity index (χ1) is 14.9. The fourth-order valence-electron chi connectivity index (χ4n) is 2.98. The predicted molar refractivity (Wildman–Crippen MR) is 120 cm³/mol. The second-order valence-corrected chi connectivity index (χ2v) is 9.37. The SMILES string of the molecule is CCN(CC)S(=O)(=O)c1cccc(C(=O)OCc2csc(-c3cccc(OC)c3)n2)c1. The van der Waals surface area contributed by atoms with Gasteiger partial charge in [-0.2, -0.15) is 4.31 Å². The first kappa shape index (κ1) is 22.9. The van der Waals surface area contributed by atoms with Crippen LogP contribution in [0.5, 0.6) is 5.75 Å². The number of thiazole rings is 1. The molecule has 0 fully saturated rings. The van der Waals surface area contributed by atoms with Crippen molar-refractivity contribution in [1.29, 1.82) is 0 Å². The van der Waals surface area contributed by atoms with E-state index < -0.39 is 16.0 Å². The molecule has 0 spiro atoms. The van der Waals surface area contributed by atoms with E-state index in [-0.39, 0.29) is 17.1 Å². The summed E-state index contributed by atoms with van der Waals surface area (Å²) in [5.74, 6) is 0.132. The molecule has 0 aliphatic rings. The largest absolute Gasteiger partial charge is 0.497 e. The Hall–Kier alpha value is -2.75. The van der Waals surface area contributed by atoms with Gasteiger partial charge in [0.25, 0.3) is 0 Å². The van der Waals surface area contributed by atoms with Gasteiger partial charge in [0.15, 0.2) is 0 Å². The smallest absolute Gasteiger partial charge is 0.338 e. The average Bonchev–Trinajstić information content (AvgIpc) is 3.27. The van der Waals surface area contributed by atoms with Crippen molar-refractivity contribution in [3.63, 3.8) is 0 Å². The number of ether oxygens (including phenoxy) is 2. The third-order valence-corrected chi connectivity index (χ3v) is 7.62. The summed E-state index contributed by atoms with van der Waals surface area (Å²) in [6, 6.07) is 13.4. The van der Waals surface area contributed by atoms with Crippen molar-refractivity contribution in [1.82, 2.24) is 9.29 Å². The van der Waals surface area contributed by atoms with Crippen LogP contribution in [-0.2, 0) is 21.4 Å². The van der Waals surface area contributed by atoms with Gasteiger partial charge in [-0.15, -0.1) is 11.3 Å². The van der Waals surface area contributed by atoms with Gasteiger partial charge in [0, 0.05) is 24.0 Å². The number of benzene rings is 2. The van der Waals surface area contributed by atoms with Gasteiger partial charge in [-0.05, 0) is 30.3 Å². The summed E-state index contributed by atoms with van der Waals surface area (Å²) in [6.07, 6.45) is 0. The van der Waals surface area contributed by atoms with Gasteiger partial charge in [-0.3, -0.25) is 0 Å². The number of aromatic nitrogens is 1. The number of hydrogen-bond acceptors (Lipinski definition) is 7. The lowest BCUT2D eigenvalue weighted by atomic mass is 10.2. The number of carbonyl (C=O) groups is 1. The van der Waals surface area contributed by atoms with E-state index in [1.165, 1.54) is 39.9 Å². The molecule has 0 amide bonds. The van der Waals surface area contributed by atoms with E-state index in [1.54, 1.807) is 21.0 Å². The molecule has 3 rings (SSSR count). The number of sulfonamides is 1. The molecule has 0 aliphatic heterocycles. The van der Waals surface area contributed by atoms with E-state index in [9.17, 15) is 13.2 Å². The van der Waals surface area contributed by atoms with E-state index >= 15 is 0 Å². The maximum Gasteiger partial charge on any atom is 0.338 e. The van der Waals surface area contributed by atoms with Crippen LogP contribution in [0.1, 0.15) is 29.9 Å². The second-order valence-electron chi connectivity index (χ2n) is 6.57. The molecule has 31 heavy (non-hydrogen) atoms. The number of nitrogens with zero attached hydrogens (tertiary/aromatic N) is 2. The molecule has 7 nitrogen and oxygen atoms in total. The molecular formula is C22H24N2O5S2. The standard InChI is InChI=1S/C22H24N2O5S2/c1-4-24(5-2)31(26,27)20-11-7-9-17(13-20)22(25)29-14-18-15-30-21(23-18)16-8-6-10-19(12-16)28-3/h6-13,15H,4-5,14H2,1-3H3. The van der Waals surface area contributed by atoms with Crippen LogP contribution < -0.4 is 4.74 Å². The molecule has 164 valence electrons. The summed E-state index contributed by atoms with van der Waals surface area (Å²) in [5, 5.41) is 2.61. The number of rotatable bonds is 9. The molecule has 0 bridgehead atoms. The molecule has 0 atom stereocenters. The van der Waals surface area contributed by atoms with Gasteiger partial charge in [-0.1, -0.05) is 32.0 Å². The molecule has 1 heterocycles. The predicted octanol–water partition coefficient (Wildman–Crippen LogP) is 4.21. The lowest BCUT2D eigenvalue weighted by Crippen LogP contribution is -2.30. The zero-order chi connectivity index (χ0) is 22.4. The Morgan fingerprint density at radius 1 is 1.10 bits per heavy atom. The van der Waals surface area contributed by atoms with Crippen molar-refractivity contribution in [3.8, 4) is 16.3 Å². The van der Waals surface area contributed by atoms with Crippen molar-refractivity contribution >= 4 is 27.3 Å². The van der Waals surface area contributed by atoms with Crippen LogP contribution in [0.25, 0.3) is 10.6 Å². The van der Waals surface area contributed by atoms with E-state index in [0.29, 0.717) is 18.8 Å². The van der Waals surface area contributed by atoms with Crippen LogP contribution in [0.2, 0.25) is 0 Å². The first-order valence-electron chi connectivity index (χ1n) is 9.75. The lowest BCUT2D eigenvalue weighted by molar-refractivity contribution is 0.0468. The Bertz CT molecular complexity index is 1150. The molecule has 0 radical (unpaired) electrons. The van der Waals surface area contributed by atoms with Gasteiger partial charge < -0.3 is 9.47 Å². The molecule has 0 unspecified atom stereocenters. The number of carbonyl (C=O) groups excluding carboxylic acids is 1. The van der Waals surface area contributed by atoms with Crippen LogP contribution in [-0.4, -0.2) is 43.9 Å². The maximum atomic E-state index is 12.7. The number of hydrogen-bond donors (Lipinski definition) is 0.